The zero-order chi connectivity index (χ0) is 29.7. The van der Waals surface area contributed by atoms with E-state index in [0.29, 0.717) is 23.3 Å². The summed E-state index contributed by atoms with van der Waals surface area (Å²) in [6, 6.07) is 15.4. The average molecular weight is 577 g/mol. The third-order valence-electron chi connectivity index (χ3n) is 8.63. The smallest absolute Gasteiger partial charge is 0.201 e. The molecule has 0 aliphatic heterocycles. The van der Waals surface area contributed by atoms with Crippen LogP contribution in [0.5, 0.6) is 5.75 Å². The van der Waals surface area contributed by atoms with Crippen molar-refractivity contribution in [3.05, 3.63) is 83.7 Å². The molecule has 1 atom stereocenters. The standard InChI is InChI=1S/C38H47F3O/c1-3-5-7-8-9-10-12-26-42-36-25-24-34(37(40)38(36)41)31-20-18-30(19-21-31)33-23-22-32(27-35(33)39)29-16-14-28(15-17-29)13-11-6-4-2/h16,18-25,27-28H,3-15,17,26H2,1-2H3. The van der Waals surface area contributed by atoms with Gasteiger partial charge in [-0.25, -0.2) is 8.78 Å². The fourth-order valence-electron chi connectivity index (χ4n) is 5.98. The van der Waals surface area contributed by atoms with Gasteiger partial charge in [0.05, 0.1) is 6.61 Å². The summed E-state index contributed by atoms with van der Waals surface area (Å²) in [7, 11) is 0. The molecule has 226 valence electrons. The molecule has 0 saturated heterocycles. The lowest BCUT2D eigenvalue weighted by molar-refractivity contribution is 0.285. The van der Waals surface area contributed by atoms with Gasteiger partial charge in [-0.15, -0.1) is 0 Å². The molecule has 1 aliphatic rings. The number of hydrogen-bond donors (Lipinski definition) is 0. The summed E-state index contributed by atoms with van der Waals surface area (Å²) in [6.07, 6.45) is 18.6. The second-order valence-electron chi connectivity index (χ2n) is 11.8. The second kappa shape index (κ2) is 16.6. The molecule has 3 aromatic rings. The molecule has 0 amide bonds. The topological polar surface area (TPSA) is 9.23 Å². The van der Waals surface area contributed by atoms with Crippen molar-refractivity contribution in [3.8, 4) is 28.0 Å². The van der Waals surface area contributed by atoms with E-state index in [1.165, 1.54) is 69.4 Å². The van der Waals surface area contributed by atoms with Crippen LogP contribution in [0.1, 0.15) is 109 Å². The maximum atomic E-state index is 15.2. The molecule has 0 aromatic heterocycles. The average Bonchev–Trinajstić information content (AvgIpc) is 3.01. The summed E-state index contributed by atoms with van der Waals surface area (Å²) in [6.45, 7) is 4.81. The highest BCUT2D eigenvalue weighted by atomic mass is 19.2. The normalized spacial score (nSPS) is 15.1. The highest BCUT2D eigenvalue weighted by Gasteiger charge is 2.18. The third kappa shape index (κ3) is 8.75. The second-order valence-corrected chi connectivity index (χ2v) is 11.8. The first-order valence-corrected chi connectivity index (χ1v) is 16.2. The minimum Gasteiger partial charge on any atom is -0.490 e. The Labute approximate surface area is 251 Å². The number of ether oxygens (including phenoxy) is 1. The minimum atomic E-state index is -0.967. The number of halogens is 3. The number of hydrogen-bond acceptors (Lipinski definition) is 1. The summed E-state index contributed by atoms with van der Waals surface area (Å²) < 4.78 is 50.5. The zero-order valence-corrected chi connectivity index (χ0v) is 25.5. The van der Waals surface area contributed by atoms with E-state index in [9.17, 15) is 8.78 Å². The number of unbranched alkanes of at least 4 members (excludes halogenated alkanes) is 8. The molecule has 1 unspecified atom stereocenters. The molecular formula is C38H47F3O. The Morgan fingerprint density at radius 3 is 1.95 bits per heavy atom. The minimum absolute atomic E-state index is 0.0545. The Hall–Kier alpha value is -3.01. The van der Waals surface area contributed by atoms with Gasteiger partial charge in [0.25, 0.3) is 0 Å². The summed E-state index contributed by atoms with van der Waals surface area (Å²) in [4.78, 5) is 0. The van der Waals surface area contributed by atoms with Gasteiger partial charge in [-0.2, -0.15) is 4.39 Å². The van der Waals surface area contributed by atoms with Crippen LogP contribution in [0.25, 0.3) is 27.8 Å². The van der Waals surface area contributed by atoms with Gasteiger partial charge in [-0.1, -0.05) is 121 Å². The number of allylic oxidation sites excluding steroid dienone is 2. The molecule has 0 spiro atoms. The number of rotatable bonds is 16. The fourth-order valence-corrected chi connectivity index (χ4v) is 5.98. The van der Waals surface area contributed by atoms with E-state index in [4.69, 9.17) is 4.74 Å². The van der Waals surface area contributed by atoms with Crippen LogP contribution in [0.15, 0.2) is 60.7 Å². The van der Waals surface area contributed by atoms with Gasteiger partial charge in [0.15, 0.2) is 11.6 Å². The van der Waals surface area contributed by atoms with Gasteiger partial charge in [-0.05, 0) is 72.1 Å². The molecule has 3 aromatic carbocycles. The highest BCUT2D eigenvalue weighted by molar-refractivity contribution is 5.74. The van der Waals surface area contributed by atoms with Crippen LogP contribution < -0.4 is 4.74 Å². The molecular weight excluding hydrogens is 529 g/mol. The van der Waals surface area contributed by atoms with Crippen LogP contribution in [0.2, 0.25) is 0 Å². The molecule has 0 radical (unpaired) electrons. The van der Waals surface area contributed by atoms with Gasteiger partial charge in [0, 0.05) is 11.1 Å². The summed E-state index contributed by atoms with van der Waals surface area (Å²) in [5.74, 6) is -1.47. The van der Waals surface area contributed by atoms with Crippen LogP contribution in [-0.4, -0.2) is 6.61 Å². The van der Waals surface area contributed by atoms with Crippen molar-refractivity contribution < 1.29 is 17.9 Å². The van der Waals surface area contributed by atoms with Gasteiger partial charge in [-0.3, -0.25) is 0 Å². The molecule has 4 heteroatoms. The van der Waals surface area contributed by atoms with E-state index in [1.54, 1.807) is 36.4 Å². The van der Waals surface area contributed by atoms with E-state index in [1.807, 2.05) is 12.1 Å². The lowest BCUT2D eigenvalue weighted by Gasteiger charge is -2.22. The van der Waals surface area contributed by atoms with Crippen molar-refractivity contribution in [3.63, 3.8) is 0 Å². The molecule has 0 bridgehead atoms. The summed E-state index contributed by atoms with van der Waals surface area (Å²) >= 11 is 0. The van der Waals surface area contributed by atoms with E-state index in [0.717, 1.165) is 43.6 Å². The Morgan fingerprint density at radius 2 is 1.29 bits per heavy atom. The van der Waals surface area contributed by atoms with Crippen LogP contribution >= 0.6 is 0 Å². The monoisotopic (exact) mass is 576 g/mol. The Bertz CT molecular complexity index is 1290. The van der Waals surface area contributed by atoms with Crippen LogP contribution in [0, 0.1) is 23.4 Å². The first-order valence-electron chi connectivity index (χ1n) is 16.2. The summed E-state index contributed by atoms with van der Waals surface area (Å²) in [5, 5.41) is 0. The van der Waals surface area contributed by atoms with Crippen molar-refractivity contribution in [2.75, 3.05) is 6.61 Å². The maximum Gasteiger partial charge on any atom is 0.201 e. The van der Waals surface area contributed by atoms with E-state index in [-0.39, 0.29) is 17.1 Å². The van der Waals surface area contributed by atoms with Crippen molar-refractivity contribution in [1.29, 1.82) is 0 Å². The van der Waals surface area contributed by atoms with Gasteiger partial charge >= 0.3 is 0 Å². The molecule has 42 heavy (non-hydrogen) atoms. The largest absolute Gasteiger partial charge is 0.490 e. The molecule has 0 heterocycles. The molecule has 1 nitrogen and oxygen atoms in total. The highest BCUT2D eigenvalue weighted by Crippen LogP contribution is 2.36. The van der Waals surface area contributed by atoms with Crippen molar-refractivity contribution in [2.24, 2.45) is 5.92 Å². The number of benzene rings is 3. The fraction of sp³-hybridized carbons (Fsp3) is 0.474. The molecule has 0 N–H and O–H groups in total. The lowest BCUT2D eigenvalue weighted by Crippen LogP contribution is -2.05. The van der Waals surface area contributed by atoms with Gasteiger partial charge in [0.2, 0.25) is 5.82 Å². The first-order chi connectivity index (χ1) is 20.5. The Kier molecular flexibility index (Phi) is 12.6. The molecule has 0 fully saturated rings. The van der Waals surface area contributed by atoms with E-state index >= 15 is 4.39 Å². The first kappa shape index (κ1) is 31.9. The van der Waals surface area contributed by atoms with Crippen molar-refractivity contribution in [2.45, 2.75) is 104 Å². The van der Waals surface area contributed by atoms with Gasteiger partial charge in [0.1, 0.15) is 5.82 Å². The molecule has 1 aliphatic carbocycles. The van der Waals surface area contributed by atoms with Crippen molar-refractivity contribution >= 4 is 5.57 Å². The SMILES string of the molecule is CCCCCCCCCOc1ccc(-c2ccc(-c3ccc(C4=CCC(CCCCC)CC4)cc3F)cc2)c(F)c1F. The molecule has 4 rings (SSSR count). The van der Waals surface area contributed by atoms with Gasteiger partial charge < -0.3 is 4.74 Å². The lowest BCUT2D eigenvalue weighted by atomic mass is 9.83. The third-order valence-corrected chi connectivity index (χ3v) is 8.63. The predicted octanol–water partition coefficient (Wildman–Crippen LogP) is 12.3. The summed E-state index contributed by atoms with van der Waals surface area (Å²) in [5.41, 5.74) is 4.08. The quantitative estimate of drug-likeness (QED) is 0.154. The van der Waals surface area contributed by atoms with E-state index < -0.39 is 11.6 Å². The van der Waals surface area contributed by atoms with Crippen LogP contribution in [-0.2, 0) is 0 Å². The molecule has 0 saturated carbocycles. The predicted molar refractivity (Wildman–Crippen MR) is 170 cm³/mol. The Morgan fingerprint density at radius 1 is 0.667 bits per heavy atom. The Balaban J connectivity index is 1.35. The zero-order valence-electron chi connectivity index (χ0n) is 25.5. The van der Waals surface area contributed by atoms with Crippen molar-refractivity contribution in [1.82, 2.24) is 0 Å². The van der Waals surface area contributed by atoms with Crippen LogP contribution in [0.3, 0.4) is 0 Å². The maximum absolute atomic E-state index is 15.2. The van der Waals surface area contributed by atoms with E-state index in [2.05, 4.69) is 19.9 Å². The van der Waals surface area contributed by atoms with Crippen LogP contribution in [0.4, 0.5) is 13.2 Å².